The number of fused-ring (bicyclic) bond motifs is 2. The number of nitrogens with zero attached hydrogens (tertiary/aromatic N) is 3. The van der Waals surface area contributed by atoms with Crippen LogP contribution >= 0.6 is 11.8 Å². The van der Waals surface area contributed by atoms with Gasteiger partial charge >= 0.3 is 0 Å². The van der Waals surface area contributed by atoms with Crippen molar-refractivity contribution in [2.45, 2.75) is 43.0 Å². The highest BCUT2D eigenvalue weighted by Gasteiger charge is 2.24. The maximum atomic E-state index is 13.4. The number of aryl methyl sites for hydroxylation is 1. The SMILES string of the molecule is CCCC1=Nc2cc(C(=O)N3CCN(Cc4ccccc4)CC3)ccc2Sc2ccc(C)cc21. The molecule has 0 bridgehead atoms. The van der Waals surface area contributed by atoms with E-state index in [2.05, 4.69) is 67.3 Å². The van der Waals surface area contributed by atoms with Crippen LogP contribution in [0.2, 0.25) is 0 Å². The Morgan fingerprint density at radius 1 is 0.941 bits per heavy atom. The van der Waals surface area contributed by atoms with Gasteiger partial charge < -0.3 is 4.90 Å². The quantitative estimate of drug-likeness (QED) is 0.437. The zero-order valence-corrected chi connectivity index (χ0v) is 20.8. The minimum Gasteiger partial charge on any atom is -0.336 e. The van der Waals surface area contributed by atoms with Crippen LogP contribution in [-0.2, 0) is 6.54 Å². The summed E-state index contributed by atoms with van der Waals surface area (Å²) in [5.74, 6) is 0.108. The van der Waals surface area contributed by atoms with Crippen LogP contribution in [0, 0.1) is 6.92 Å². The summed E-state index contributed by atoms with van der Waals surface area (Å²) < 4.78 is 0. The molecule has 1 saturated heterocycles. The molecule has 0 spiro atoms. The minimum absolute atomic E-state index is 0.108. The van der Waals surface area contributed by atoms with Crippen LogP contribution in [0.4, 0.5) is 5.69 Å². The van der Waals surface area contributed by atoms with E-state index in [4.69, 9.17) is 4.99 Å². The van der Waals surface area contributed by atoms with Gasteiger partial charge in [0, 0.05) is 59.4 Å². The summed E-state index contributed by atoms with van der Waals surface area (Å²) in [7, 11) is 0. The molecule has 0 aromatic heterocycles. The zero-order chi connectivity index (χ0) is 23.5. The molecular weight excluding hydrogens is 438 g/mol. The van der Waals surface area contributed by atoms with Crippen LogP contribution in [0.1, 0.15) is 46.8 Å². The molecule has 174 valence electrons. The summed E-state index contributed by atoms with van der Waals surface area (Å²) in [5.41, 5.74) is 6.56. The molecule has 2 aliphatic heterocycles. The number of aliphatic imine (C=N–C) groups is 1. The van der Waals surface area contributed by atoms with Gasteiger partial charge in [-0.1, -0.05) is 67.1 Å². The number of hydrogen-bond acceptors (Lipinski definition) is 4. The normalized spacial score (nSPS) is 15.8. The molecule has 0 aliphatic carbocycles. The lowest BCUT2D eigenvalue weighted by Crippen LogP contribution is -2.48. The zero-order valence-electron chi connectivity index (χ0n) is 20.0. The molecule has 3 aromatic rings. The van der Waals surface area contributed by atoms with E-state index in [1.165, 1.54) is 21.6 Å². The van der Waals surface area contributed by atoms with Crippen molar-refractivity contribution < 1.29 is 4.79 Å². The third-order valence-electron chi connectivity index (χ3n) is 6.52. The molecule has 2 heterocycles. The fraction of sp³-hybridized carbons (Fsp3) is 0.310. The van der Waals surface area contributed by atoms with Crippen LogP contribution in [0.15, 0.2) is 81.5 Å². The van der Waals surface area contributed by atoms with Crippen molar-refractivity contribution in [3.05, 3.63) is 89.0 Å². The van der Waals surface area contributed by atoms with E-state index >= 15 is 0 Å². The third-order valence-corrected chi connectivity index (χ3v) is 7.66. The van der Waals surface area contributed by atoms with Gasteiger partial charge in [-0.25, -0.2) is 0 Å². The summed E-state index contributed by atoms with van der Waals surface area (Å²) in [6, 6.07) is 23.2. The number of hydrogen-bond donors (Lipinski definition) is 0. The molecule has 1 amide bonds. The highest BCUT2D eigenvalue weighted by molar-refractivity contribution is 7.99. The van der Waals surface area contributed by atoms with Crippen LogP contribution < -0.4 is 0 Å². The first-order valence-corrected chi connectivity index (χ1v) is 13.0. The highest BCUT2D eigenvalue weighted by Crippen LogP contribution is 2.41. The first kappa shape index (κ1) is 22.9. The molecule has 4 nitrogen and oxygen atoms in total. The summed E-state index contributed by atoms with van der Waals surface area (Å²) in [5, 5.41) is 0. The van der Waals surface area contributed by atoms with Crippen molar-refractivity contribution in [3.8, 4) is 0 Å². The van der Waals surface area contributed by atoms with Gasteiger partial charge in [0.05, 0.1) is 5.69 Å². The van der Waals surface area contributed by atoms with Crippen molar-refractivity contribution >= 4 is 29.1 Å². The Kier molecular flexibility index (Phi) is 6.84. The molecule has 3 aromatic carbocycles. The molecule has 1 fully saturated rings. The summed E-state index contributed by atoms with van der Waals surface area (Å²) in [6.07, 6.45) is 1.97. The fourth-order valence-corrected chi connectivity index (χ4v) is 5.67. The second kappa shape index (κ2) is 10.2. The molecule has 5 heteroatoms. The van der Waals surface area contributed by atoms with Crippen LogP contribution in [0.25, 0.3) is 0 Å². The average molecular weight is 470 g/mol. The molecule has 0 unspecified atom stereocenters. The van der Waals surface area contributed by atoms with E-state index in [1.54, 1.807) is 11.8 Å². The first-order chi connectivity index (χ1) is 16.6. The van der Waals surface area contributed by atoms with Crippen molar-refractivity contribution in [2.24, 2.45) is 4.99 Å². The number of carbonyl (C=O) groups is 1. The monoisotopic (exact) mass is 469 g/mol. The molecule has 0 saturated carbocycles. The Bertz CT molecular complexity index is 1210. The predicted octanol–water partition coefficient (Wildman–Crippen LogP) is 6.34. The van der Waals surface area contributed by atoms with Gasteiger partial charge in [-0.15, -0.1) is 0 Å². The van der Waals surface area contributed by atoms with Crippen LogP contribution in [-0.4, -0.2) is 47.6 Å². The van der Waals surface area contributed by atoms with Gasteiger partial charge in [-0.05, 0) is 49.2 Å². The van der Waals surface area contributed by atoms with Gasteiger partial charge in [-0.2, -0.15) is 0 Å². The van der Waals surface area contributed by atoms with Crippen molar-refractivity contribution in [1.82, 2.24) is 9.80 Å². The molecule has 0 atom stereocenters. The highest BCUT2D eigenvalue weighted by atomic mass is 32.2. The molecule has 5 rings (SSSR count). The van der Waals surface area contributed by atoms with E-state index in [1.807, 2.05) is 23.1 Å². The topological polar surface area (TPSA) is 35.9 Å². The minimum atomic E-state index is 0.108. The van der Waals surface area contributed by atoms with E-state index in [0.717, 1.165) is 67.4 Å². The Labute approximate surface area is 206 Å². The molecule has 2 aliphatic rings. The van der Waals surface area contributed by atoms with Gasteiger partial charge in [-0.3, -0.25) is 14.7 Å². The number of carbonyl (C=O) groups excluding carboxylic acids is 1. The van der Waals surface area contributed by atoms with Crippen LogP contribution in [0.5, 0.6) is 0 Å². The van der Waals surface area contributed by atoms with E-state index in [0.29, 0.717) is 0 Å². The number of amides is 1. The molecular formula is C29H31N3OS. The van der Waals surface area contributed by atoms with Gasteiger partial charge in [0.15, 0.2) is 0 Å². The average Bonchev–Trinajstić information content (AvgIpc) is 3.01. The Morgan fingerprint density at radius 2 is 1.71 bits per heavy atom. The van der Waals surface area contributed by atoms with Gasteiger partial charge in [0.1, 0.15) is 0 Å². The second-order valence-corrected chi connectivity index (χ2v) is 10.2. The summed E-state index contributed by atoms with van der Waals surface area (Å²) >= 11 is 1.75. The predicted molar refractivity (Wildman–Crippen MR) is 140 cm³/mol. The van der Waals surface area contributed by atoms with E-state index in [9.17, 15) is 4.79 Å². The molecule has 34 heavy (non-hydrogen) atoms. The number of piperazine rings is 1. The maximum absolute atomic E-state index is 13.4. The second-order valence-electron chi connectivity index (χ2n) is 9.15. The maximum Gasteiger partial charge on any atom is 0.254 e. The smallest absolute Gasteiger partial charge is 0.254 e. The lowest BCUT2D eigenvalue weighted by atomic mass is 10.0. The standard InChI is InChI=1S/C29H31N3OS/c1-3-7-25-24-18-21(2)10-12-27(24)34-28-13-11-23(19-26(28)30-25)29(33)32-16-14-31(15-17-32)20-22-8-5-4-6-9-22/h4-6,8-13,18-19H,3,7,14-17,20H2,1-2H3. The number of benzene rings is 3. The molecule has 0 N–H and O–H groups in total. The van der Waals surface area contributed by atoms with Gasteiger partial charge in [0.2, 0.25) is 0 Å². The summed E-state index contributed by atoms with van der Waals surface area (Å²) in [6.45, 7) is 8.56. The van der Waals surface area contributed by atoms with E-state index in [-0.39, 0.29) is 5.91 Å². The van der Waals surface area contributed by atoms with E-state index < -0.39 is 0 Å². The van der Waals surface area contributed by atoms with Crippen molar-refractivity contribution in [3.63, 3.8) is 0 Å². The van der Waals surface area contributed by atoms with Crippen molar-refractivity contribution in [1.29, 1.82) is 0 Å². The first-order valence-electron chi connectivity index (χ1n) is 12.2. The van der Waals surface area contributed by atoms with Crippen molar-refractivity contribution in [2.75, 3.05) is 26.2 Å². The summed E-state index contributed by atoms with van der Waals surface area (Å²) in [4.78, 5) is 25.2. The Morgan fingerprint density at radius 3 is 2.47 bits per heavy atom. The molecule has 0 radical (unpaired) electrons. The Hall–Kier alpha value is -2.89. The van der Waals surface area contributed by atoms with Gasteiger partial charge in [0.25, 0.3) is 5.91 Å². The number of rotatable bonds is 5. The third kappa shape index (κ3) is 4.96. The fourth-order valence-electron chi connectivity index (χ4n) is 4.67. The largest absolute Gasteiger partial charge is 0.336 e. The lowest BCUT2D eigenvalue weighted by molar-refractivity contribution is 0.0628. The lowest BCUT2D eigenvalue weighted by Gasteiger charge is -2.34. The Balaban J connectivity index is 1.33. The van der Waals surface area contributed by atoms with Crippen LogP contribution in [0.3, 0.4) is 0 Å².